The summed E-state index contributed by atoms with van der Waals surface area (Å²) in [5.74, 6) is -0.906. The van der Waals surface area contributed by atoms with Gasteiger partial charge in [-0.15, -0.1) is 0 Å². The summed E-state index contributed by atoms with van der Waals surface area (Å²) in [5.41, 5.74) is 6.19. The predicted octanol–water partition coefficient (Wildman–Crippen LogP) is 2.43. The summed E-state index contributed by atoms with van der Waals surface area (Å²) in [7, 11) is 0. The van der Waals surface area contributed by atoms with Gasteiger partial charge < -0.3 is 5.73 Å². The second kappa shape index (κ2) is 4.19. The number of carbonyl (C=O) groups excluding carboxylic acids is 1. The molecule has 1 atom stereocenters. The highest BCUT2D eigenvalue weighted by atomic mass is 79.9. The molecule has 4 heteroatoms. The zero-order valence-corrected chi connectivity index (χ0v) is 9.56. The Bertz CT molecular complexity index is 377. The zero-order valence-electron chi connectivity index (χ0n) is 7.97. The topological polar surface area (TPSA) is 43.1 Å². The number of nitrogens with two attached hydrogens (primary N) is 1. The maximum absolute atomic E-state index is 13.3. The van der Waals surface area contributed by atoms with E-state index in [1.54, 1.807) is 6.92 Å². The van der Waals surface area contributed by atoms with Gasteiger partial charge >= 0.3 is 0 Å². The lowest BCUT2D eigenvalue weighted by atomic mass is 10.0. The number of hydrogen-bond acceptors (Lipinski definition) is 2. The Morgan fingerprint density at radius 3 is 2.64 bits per heavy atom. The standard InChI is InChI=1S/C10H11BrFNO/c1-5-3-9(12)7(4-8(5)11)10(14)6(2)13/h3-4,6H,13H2,1-2H3. The third kappa shape index (κ3) is 2.19. The van der Waals surface area contributed by atoms with Gasteiger partial charge in [0.2, 0.25) is 0 Å². The molecule has 0 spiro atoms. The average Bonchev–Trinajstić information content (AvgIpc) is 2.10. The first-order valence-electron chi connectivity index (χ1n) is 4.19. The second-order valence-corrected chi connectivity index (χ2v) is 4.09. The highest BCUT2D eigenvalue weighted by Gasteiger charge is 2.16. The Labute approximate surface area is 90.4 Å². The summed E-state index contributed by atoms with van der Waals surface area (Å²) in [5, 5.41) is 0. The van der Waals surface area contributed by atoms with Crippen molar-refractivity contribution in [2.45, 2.75) is 19.9 Å². The number of hydrogen-bond donors (Lipinski definition) is 1. The van der Waals surface area contributed by atoms with Gasteiger partial charge in [-0.05, 0) is 31.5 Å². The molecule has 1 aromatic carbocycles. The Balaban J connectivity index is 3.22. The van der Waals surface area contributed by atoms with E-state index in [1.807, 2.05) is 0 Å². The lowest BCUT2D eigenvalue weighted by Crippen LogP contribution is -2.27. The Kier molecular flexibility index (Phi) is 3.39. The van der Waals surface area contributed by atoms with E-state index in [4.69, 9.17) is 5.73 Å². The maximum Gasteiger partial charge on any atom is 0.182 e. The van der Waals surface area contributed by atoms with Crippen LogP contribution in [0.3, 0.4) is 0 Å². The van der Waals surface area contributed by atoms with Crippen molar-refractivity contribution in [2.75, 3.05) is 0 Å². The van der Waals surface area contributed by atoms with Crippen LogP contribution in [-0.2, 0) is 0 Å². The molecule has 0 amide bonds. The number of aryl methyl sites for hydroxylation is 1. The van der Waals surface area contributed by atoms with E-state index in [0.717, 1.165) is 5.56 Å². The monoisotopic (exact) mass is 259 g/mol. The molecule has 0 aliphatic heterocycles. The Morgan fingerprint density at radius 2 is 2.14 bits per heavy atom. The molecule has 0 saturated heterocycles. The van der Waals surface area contributed by atoms with Crippen molar-refractivity contribution in [3.05, 3.63) is 33.5 Å². The molecule has 0 saturated carbocycles. The number of Topliss-reactive ketones (excluding diaryl/α,β-unsaturated/α-hetero) is 1. The fourth-order valence-electron chi connectivity index (χ4n) is 1.08. The molecule has 76 valence electrons. The van der Waals surface area contributed by atoms with E-state index in [1.165, 1.54) is 19.1 Å². The van der Waals surface area contributed by atoms with Gasteiger partial charge in [0.15, 0.2) is 5.78 Å². The molecule has 1 unspecified atom stereocenters. The van der Waals surface area contributed by atoms with Gasteiger partial charge in [-0.2, -0.15) is 0 Å². The fraction of sp³-hybridized carbons (Fsp3) is 0.300. The fourth-order valence-corrected chi connectivity index (χ4v) is 1.42. The smallest absolute Gasteiger partial charge is 0.182 e. The van der Waals surface area contributed by atoms with Gasteiger partial charge in [-0.3, -0.25) is 4.79 Å². The predicted molar refractivity (Wildman–Crippen MR) is 56.8 cm³/mol. The summed E-state index contributed by atoms with van der Waals surface area (Å²) in [6.07, 6.45) is 0. The van der Waals surface area contributed by atoms with Crippen LogP contribution in [0.25, 0.3) is 0 Å². The number of halogens is 2. The molecule has 2 nitrogen and oxygen atoms in total. The van der Waals surface area contributed by atoms with Crippen molar-refractivity contribution in [1.29, 1.82) is 0 Å². The van der Waals surface area contributed by atoms with Gasteiger partial charge in [-0.25, -0.2) is 4.39 Å². The molecule has 1 rings (SSSR count). The number of benzene rings is 1. The number of ketones is 1. The molecule has 0 radical (unpaired) electrons. The third-order valence-electron chi connectivity index (χ3n) is 1.93. The highest BCUT2D eigenvalue weighted by molar-refractivity contribution is 9.10. The molecule has 14 heavy (non-hydrogen) atoms. The van der Waals surface area contributed by atoms with Gasteiger partial charge in [0.05, 0.1) is 11.6 Å². The Hall–Kier alpha value is -0.740. The van der Waals surface area contributed by atoms with Crippen LogP contribution in [0, 0.1) is 12.7 Å². The van der Waals surface area contributed by atoms with E-state index in [2.05, 4.69) is 15.9 Å². The minimum absolute atomic E-state index is 0.0393. The molecule has 2 N–H and O–H groups in total. The van der Waals surface area contributed by atoms with Crippen LogP contribution in [0.2, 0.25) is 0 Å². The van der Waals surface area contributed by atoms with Crippen molar-refractivity contribution in [3.8, 4) is 0 Å². The van der Waals surface area contributed by atoms with Crippen LogP contribution >= 0.6 is 15.9 Å². The second-order valence-electron chi connectivity index (χ2n) is 3.23. The first-order valence-corrected chi connectivity index (χ1v) is 4.98. The number of carbonyl (C=O) groups is 1. The summed E-state index contributed by atoms with van der Waals surface area (Å²) in [6, 6.07) is 2.11. The van der Waals surface area contributed by atoms with Crippen molar-refractivity contribution in [1.82, 2.24) is 0 Å². The van der Waals surface area contributed by atoms with Crippen LogP contribution in [0.15, 0.2) is 16.6 Å². The summed E-state index contributed by atoms with van der Waals surface area (Å²) >= 11 is 3.24. The van der Waals surface area contributed by atoms with Crippen LogP contribution in [-0.4, -0.2) is 11.8 Å². The quantitative estimate of drug-likeness (QED) is 0.830. The van der Waals surface area contributed by atoms with E-state index in [-0.39, 0.29) is 11.3 Å². The molecule has 0 bridgehead atoms. The number of rotatable bonds is 2. The molecule has 1 aromatic rings. The van der Waals surface area contributed by atoms with Crippen molar-refractivity contribution in [2.24, 2.45) is 5.73 Å². The first-order chi connectivity index (χ1) is 6.43. The van der Waals surface area contributed by atoms with Crippen molar-refractivity contribution in [3.63, 3.8) is 0 Å². The molecular formula is C10H11BrFNO. The lowest BCUT2D eigenvalue weighted by molar-refractivity contribution is 0.0964. The third-order valence-corrected chi connectivity index (χ3v) is 2.78. The van der Waals surface area contributed by atoms with Crippen molar-refractivity contribution < 1.29 is 9.18 Å². The molecule has 0 aliphatic carbocycles. The van der Waals surface area contributed by atoms with Gasteiger partial charge in [0, 0.05) is 4.47 Å². The van der Waals surface area contributed by atoms with E-state index >= 15 is 0 Å². The maximum atomic E-state index is 13.3. The Morgan fingerprint density at radius 1 is 1.57 bits per heavy atom. The molecule has 0 fully saturated rings. The van der Waals surface area contributed by atoms with Crippen LogP contribution in [0.5, 0.6) is 0 Å². The van der Waals surface area contributed by atoms with E-state index in [9.17, 15) is 9.18 Å². The highest BCUT2D eigenvalue weighted by Crippen LogP contribution is 2.21. The summed E-state index contributed by atoms with van der Waals surface area (Å²) in [4.78, 5) is 11.4. The minimum Gasteiger partial charge on any atom is -0.321 e. The first kappa shape index (κ1) is 11.3. The molecule has 0 aliphatic rings. The van der Waals surface area contributed by atoms with Gasteiger partial charge in [0.1, 0.15) is 5.82 Å². The van der Waals surface area contributed by atoms with Crippen LogP contribution in [0.4, 0.5) is 4.39 Å². The molecule has 0 aromatic heterocycles. The van der Waals surface area contributed by atoms with Gasteiger partial charge in [0.25, 0.3) is 0 Å². The lowest BCUT2D eigenvalue weighted by Gasteiger charge is -2.07. The van der Waals surface area contributed by atoms with Crippen molar-refractivity contribution >= 4 is 21.7 Å². The summed E-state index contributed by atoms with van der Waals surface area (Å²) < 4.78 is 14.1. The SMILES string of the molecule is Cc1cc(F)c(C(=O)C(C)N)cc1Br. The molecular weight excluding hydrogens is 249 g/mol. The average molecular weight is 260 g/mol. The molecule has 0 heterocycles. The minimum atomic E-state index is -0.681. The van der Waals surface area contributed by atoms with Gasteiger partial charge in [-0.1, -0.05) is 15.9 Å². The van der Waals surface area contributed by atoms with E-state index < -0.39 is 11.9 Å². The largest absolute Gasteiger partial charge is 0.321 e. The van der Waals surface area contributed by atoms with Crippen LogP contribution < -0.4 is 5.73 Å². The normalized spacial score (nSPS) is 12.6. The van der Waals surface area contributed by atoms with E-state index in [0.29, 0.717) is 4.47 Å². The summed E-state index contributed by atoms with van der Waals surface area (Å²) in [6.45, 7) is 3.29. The van der Waals surface area contributed by atoms with Crippen LogP contribution in [0.1, 0.15) is 22.8 Å². The zero-order chi connectivity index (χ0) is 10.9.